The maximum absolute atomic E-state index is 6.19. The lowest BCUT2D eigenvalue weighted by molar-refractivity contribution is 0.548. The van der Waals surface area contributed by atoms with Crippen LogP contribution >= 0.6 is 11.8 Å². The van der Waals surface area contributed by atoms with Crippen LogP contribution < -0.4 is 26.5 Å². The fraction of sp³-hybridized carbons (Fsp3) is 0.375. The molecular formula is C24H31N5S. The van der Waals surface area contributed by atoms with Gasteiger partial charge in [0.15, 0.2) is 0 Å². The molecule has 0 unspecified atom stereocenters. The zero-order valence-electron chi connectivity index (χ0n) is 18.3. The van der Waals surface area contributed by atoms with Gasteiger partial charge in [-0.05, 0) is 45.4 Å². The second-order valence-corrected chi connectivity index (χ2v) is 9.58. The van der Waals surface area contributed by atoms with Crippen molar-refractivity contribution in [2.24, 2.45) is 5.73 Å². The topological polar surface area (TPSA) is 67.1 Å². The summed E-state index contributed by atoms with van der Waals surface area (Å²) in [7, 11) is 0. The van der Waals surface area contributed by atoms with E-state index in [4.69, 9.17) is 15.7 Å². The Morgan fingerprint density at radius 3 is 2.80 bits per heavy atom. The van der Waals surface area contributed by atoms with E-state index < -0.39 is 0 Å². The molecule has 0 saturated carbocycles. The molecule has 30 heavy (non-hydrogen) atoms. The molecule has 6 heteroatoms. The minimum atomic E-state index is -0.370. The number of nitrogens with one attached hydrogen (secondary N) is 1. The summed E-state index contributed by atoms with van der Waals surface area (Å²) >= 11 is 1.88. The average Bonchev–Trinajstić information content (AvgIpc) is 2.92. The zero-order valence-corrected chi connectivity index (χ0v) is 19.1. The van der Waals surface area contributed by atoms with Crippen molar-refractivity contribution in [1.29, 1.82) is 0 Å². The molecule has 3 N–H and O–H groups in total. The van der Waals surface area contributed by atoms with Crippen molar-refractivity contribution in [3.05, 3.63) is 58.6 Å². The lowest BCUT2D eigenvalue weighted by atomic mass is 10.1. The number of nitrogens with two attached hydrogens (primary N) is 1. The molecule has 0 aliphatic carbocycles. The number of fused-ring (bicyclic) bond motifs is 1. The van der Waals surface area contributed by atoms with Crippen molar-refractivity contribution in [2.45, 2.75) is 44.7 Å². The number of hydrogen-bond donors (Lipinski definition) is 2. The van der Waals surface area contributed by atoms with E-state index in [0.717, 1.165) is 29.4 Å². The van der Waals surface area contributed by atoms with Gasteiger partial charge in [0.1, 0.15) is 5.82 Å². The Labute approximate surface area is 183 Å². The van der Waals surface area contributed by atoms with Gasteiger partial charge >= 0.3 is 0 Å². The van der Waals surface area contributed by atoms with Gasteiger partial charge in [-0.3, -0.25) is 0 Å². The molecule has 0 saturated heterocycles. The second-order valence-electron chi connectivity index (χ2n) is 8.44. The average molecular weight is 422 g/mol. The largest absolute Gasteiger partial charge is 0.367 e. The van der Waals surface area contributed by atoms with E-state index in [0.29, 0.717) is 18.3 Å². The van der Waals surface area contributed by atoms with Crippen LogP contribution in [0.3, 0.4) is 0 Å². The number of anilines is 2. The Balaban J connectivity index is 2.10. The number of aromatic nitrogens is 2. The van der Waals surface area contributed by atoms with Gasteiger partial charge in [0, 0.05) is 35.8 Å². The lowest BCUT2D eigenvalue weighted by Gasteiger charge is -2.23. The molecule has 1 aromatic carbocycles. The molecule has 158 valence electrons. The van der Waals surface area contributed by atoms with Gasteiger partial charge in [0.2, 0.25) is 5.95 Å². The number of benzene rings is 1. The molecule has 1 aromatic heterocycles. The highest BCUT2D eigenvalue weighted by Gasteiger charge is 2.19. The Bertz CT molecular complexity index is 1070. The van der Waals surface area contributed by atoms with Crippen LogP contribution in [0.15, 0.2) is 47.4 Å². The molecule has 0 atom stereocenters. The quantitative estimate of drug-likeness (QED) is 0.774. The smallest absolute Gasteiger partial charge is 0.228 e. The van der Waals surface area contributed by atoms with Crippen molar-refractivity contribution in [3.8, 4) is 0 Å². The molecule has 2 heterocycles. The number of allylic oxidation sites excluding steroid dienone is 2. The summed E-state index contributed by atoms with van der Waals surface area (Å²) in [6.45, 7) is 14.2. The van der Waals surface area contributed by atoms with E-state index >= 15 is 0 Å². The first-order valence-electron chi connectivity index (χ1n) is 10.2. The molecule has 2 aromatic rings. The molecule has 1 aliphatic rings. The molecule has 0 radical (unpaired) electrons. The van der Waals surface area contributed by atoms with Crippen molar-refractivity contribution in [2.75, 3.05) is 29.1 Å². The number of nitrogens with zero attached hydrogens (tertiary/aromatic N) is 3. The number of thioether (sulfide) groups is 1. The fourth-order valence-electron chi connectivity index (χ4n) is 3.08. The van der Waals surface area contributed by atoms with Gasteiger partial charge in [-0.25, -0.2) is 4.98 Å². The van der Waals surface area contributed by atoms with Crippen LogP contribution in [0.25, 0.3) is 11.8 Å². The Hall–Kier alpha value is -2.53. The van der Waals surface area contributed by atoms with Gasteiger partial charge in [-0.1, -0.05) is 36.4 Å². The summed E-state index contributed by atoms with van der Waals surface area (Å²) in [5.41, 5.74) is 11.3. The maximum Gasteiger partial charge on any atom is 0.228 e. The van der Waals surface area contributed by atoms with Crippen LogP contribution in [0, 0.1) is 0 Å². The normalized spacial score (nSPS) is 14.6. The predicted octanol–water partition coefficient (Wildman–Crippen LogP) is 3.05. The summed E-state index contributed by atoms with van der Waals surface area (Å²) in [4.78, 5) is 13.3. The van der Waals surface area contributed by atoms with Crippen LogP contribution in [0.2, 0.25) is 0 Å². The van der Waals surface area contributed by atoms with Gasteiger partial charge in [-0.2, -0.15) is 4.98 Å². The van der Waals surface area contributed by atoms with E-state index in [9.17, 15) is 0 Å². The standard InChI is InChI=1S/C24H31N5S/c1-6-19-20(12-11-17(2)3)27-23(28-22(19)26-16-24(4,5)25)29-13-14-30-21-10-8-7-9-18(21)15-29/h7-12H,1,13-16,25H2,2-5H3,(H,26,27,28)/b20-12+. The van der Waals surface area contributed by atoms with E-state index in [2.05, 4.69) is 66.7 Å². The zero-order chi connectivity index (χ0) is 21.7. The minimum absolute atomic E-state index is 0.370. The summed E-state index contributed by atoms with van der Waals surface area (Å²) in [5, 5.41) is 4.97. The third-order valence-electron chi connectivity index (χ3n) is 4.62. The second kappa shape index (κ2) is 9.52. The first kappa shape index (κ1) is 22.2. The highest BCUT2D eigenvalue weighted by atomic mass is 32.2. The van der Waals surface area contributed by atoms with E-state index in [-0.39, 0.29) is 5.54 Å². The predicted molar refractivity (Wildman–Crippen MR) is 129 cm³/mol. The summed E-state index contributed by atoms with van der Waals surface area (Å²) in [6, 6.07) is 8.54. The Morgan fingerprint density at radius 1 is 1.33 bits per heavy atom. The van der Waals surface area contributed by atoms with E-state index in [1.54, 1.807) is 0 Å². The highest BCUT2D eigenvalue weighted by Crippen LogP contribution is 2.28. The van der Waals surface area contributed by atoms with Crippen molar-refractivity contribution >= 4 is 35.3 Å². The van der Waals surface area contributed by atoms with E-state index in [1.165, 1.54) is 16.0 Å². The number of rotatable bonds is 5. The first-order valence-corrected chi connectivity index (χ1v) is 11.2. The number of hydrogen-bond acceptors (Lipinski definition) is 6. The fourth-order valence-corrected chi connectivity index (χ4v) is 4.11. The molecule has 5 nitrogen and oxygen atoms in total. The van der Waals surface area contributed by atoms with Gasteiger partial charge < -0.3 is 16.0 Å². The van der Waals surface area contributed by atoms with Gasteiger partial charge in [0.05, 0.1) is 10.6 Å². The molecule has 0 amide bonds. The maximum atomic E-state index is 6.19. The summed E-state index contributed by atoms with van der Waals surface area (Å²) in [5.74, 6) is 2.41. The van der Waals surface area contributed by atoms with Crippen LogP contribution in [-0.2, 0) is 6.54 Å². The molecule has 3 rings (SSSR count). The van der Waals surface area contributed by atoms with Gasteiger partial charge in [-0.15, -0.1) is 17.5 Å². The lowest BCUT2D eigenvalue weighted by Crippen LogP contribution is -2.42. The third-order valence-corrected chi connectivity index (χ3v) is 5.72. The Morgan fingerprint density at radius 2 is 2.10 bits per heavy atom. The molecular weight excluding hydrogens is 390 g/mol. The molecule has 0 bridgehead atoms. The van der Waals surface area contributed by atoms with Gasteiger partial charge in [0.25, 0.3) is 0 Å². The van der Waals surface area contributed by atoms with Crippen molar-refractivity contribution in [3.63, 3.8) is 0 Å². The monoisotopic (exact) mass is 421 g/mol. The Kier molecular flexibility index (Phi) is 7.03. The molecule has 1 aliphatic heterocycles. The van der Waals surface area contributed by atoms with Crippen LogP contribution in [0.1, 0.15) is 33.3 Å². The van der Waals surface area contributed by atoms with Crippen molar-refractivity contribution in [1.82, 2.24) is 9.97 Å². The summed E-state index contributed by atoms with van der Waals surface area (Å²) < 4.78 is 0. The molecule has 0 spiro atoms. The minimum Gasteiger partial charge on any atom is -0.367 e. The van der Waals surface area contributed by atoms with Crippen LogP contribution in [0.4, 0.5) is 11.8 Å². The third kappa shape index (κ3) is 5.76. The SMILES string of the molecule is C=C=c1c(NCC(C)(C)N)nc(N2CCSc3ccccc3C2)n/c1=C/C=C(C)C. The first-order chi connectivity index (χ1) is 14.3. The van der Waals surface area contributed by atoms with Crippen molar-refractivity contribution < 1.29 is 0 Å². The summed E-state index contributed by atoms with van der Waals surface area (Å²) in [6.07, 6.45) is 4.06. The van der Waals surface area contributed by atoms with Crippen LogP contribution in [-0.4, -0.2) is 34.3 Å². The van der Waals surface area contributed by atoms with E-state index in [1.807, 2.05) is 31.7 Å². The molecule has 0 fully saturated rings. The van der Waals surface area contributed by atoms with Crippen LogP contribution in [0.5, 0.6) is 0 Å². The highest BCUT2D eigenvalue weighted by molar-refractivity contribution is 7.99.